The highest BCUT2D eigenvalue weighted by Gasteiger charge is 2.55. The van der Waals surface area contributed by atoms with Crippen LogP contribution in [0.3, 0.4) is 0 Å². The van der Waals surface area contributed by atoms with E-state index in [2.05, 4.69) is 24.3 Å². The number of fused-ring (bicyclic) bond motifs is 1. The Morgan fingerprint density at radius 3 is 0.833 bits per heavy atom. The molecule has 290 valence electrons. The lowest BCUT2D eigenvalue weighted by Gasteiger charge is -2.49. The average molecular weight is 743 g/mol. The van der Waals surface area contributed by atoms with Crippen molar-refractivity contribution < 1.29 is 47.4 Å². The van der Waals surface area contributed by atoms with Crippen LogP contribution in [0, 0.1) is 0 Å². The Morgan fingerprint density at radius 2 is 0.556 bits per heavy atom. The zero-order valence-corrected chi connectivity index (χ0v) is 31.0. The summed E-state index contributed by atoms with van der Waals surface area (Å²) in [6.07, 6.45) is -3.67. The minimum absolute atomic E-state index is 0.293. The van der Waals surface area contributed by atoms with Gasteiger partial charge in [-0.05, 0) is 22.3 Å². The van der Waals surface area contributed by atoms with Gasteiger partial charge in [0.05, 0.1) is 92.5 Å². The van der Waals surface area contributed by atoms with Gasteiger partial charge in [0, 0.05) is 0 Å². The van der Waals surface area contributed by atoms with Crippen LogP contribution in [0.1, 0.15) is 22.3 Å². The van der Waals surface area contributed by atoms with E-state index in [4.69, 9.17) is 47.4 Å². The molecule has 1 heterocycles. The molecule has 10 nitrogen and oxygen atoms in total. The van der Waals surface area contributed by atoms with Crippen molar-refractivity contribution in [1.29, 1.82) is 0 Å². The molecule has 54 heavy (non-hydrogen) atoms. The molecule has 0 radical (unpaired) electrons. The van der Waals surface area contributed by atoms with E-state index in [0.717, 1.165) is 22.3 Å². The summed E-state index contributed by atoms with van der Waals surface area (Å²) in [6, 6.07) is 40.5. The predicted octanol–water partition coefficient (Wildman–Crippen LogP) is 6.19. The molecule has 6 atom stereocenters. The zero-order valence-electron chi connectivity index (χ0n) is 31.0. The first-order valence-electron chi connectivity index (χ1n) is 19.0. The quantitative estimate of drug-likeness (QED) is 0.167. The Kier molecular flexibility index (Phi) is 17.4. The van der Waals surface area contributed by atoms with Crippen LogP contribution < -0.4 is 0 Å². The number of ether oxygens (including phenoxy) is 10. The maximum atomic E-state index is 6.92. The van der Waals surface area contributed by atoms with Crippen molar-refractivity contribution in [1.82, 2.24) is 0 Å². The first-order chi connectivity index (χ1) is 26.8. The largest absolute Gasteiger partial charge is 0.377 e. The van der Waals surface area contributed by atoms with E-state index < -0.39 is 36.6 Å². The van der Waals surface area contributed by atoms with Crippen molar-refractivity contribution in [3.05, 3.63) is 144 Å². The molecule has 1 saturated heterocycles. The van der Waals surface area contributed by atoms with Crippen LogP contribution in [0.15, 0.2) is 121 Å². The SMILES string of the molecule is c1ccc(CO[C@H]2[C@H](OCc3ccccc3)[C@@H](OCc3ccccc3)[C@H]3OCCOCCOCCOCCOCCO[C@H]3[C@@H]2OCc2ccccc2)cc1. The van der Waals surface area contributed by atoms with E-state index in [1.165, 1.54) is 0 Å². The summed E-state index contributed by atoms with van der Waals surface area (Å²) in [7, 11) is 0. The highest BCUT2D eigenvalue weighted by molar-refractivity contribution is 5.17. The molecule has 0 amide bonds. The molecule has 10 heteroatoms. The number of rotatable bonds is 12. The van der Waals surface area contributed by atoms with Crippen LogP contribution in [-0.2, 0) is 73.8 Å². The summed E-state index contributed by atoms with van der Waals surface area (Å²) >= 11 is 0. The van der Waals surface area contributed by atoms with Crippen LogP contribution >= 0.6 is 0 Å². The molecule has 4 aromatic carbocycles. The van der Waals surface area contributed by atoms with E-state index in [1.807, 2.05) is 97.1 Å². The molecule has 2 fully saturated rings. The van der Waals surface area contributed by atoms with Crippen molar-refractivity contribution in [2.45, 2.75) is 63.1 Å². The Bertz CT molecular complexity index is 1410. The fourth-order valence-corrected chi connectivity index (χ4v) is 6.57. The van der Waals surface area contributed by atoms with E-state index in [1.54, 1.807) is 0 Å². The highest BCUT2D eigenvalue weighted by Crippen LogP contribution is 2.36. The summed E-state index contributed by atoms with van der Waals surface area (Å²) in [5.74, 6) is 0. The highest BCUT2D eigenvalue weighted by atomic mass is 16.6. The van der Waals surface area contributed by atoms with Gasteiger partial charge in [0.2, 0.25) is 0 Å². The van der Waals surface area contributed by atoms with Gasteiger partial charge in [0.25, 0.3) is 0 Å². The Labute approximate surface area is 319 Å². The van der Waals surface area contributed by atoms with Gasteiger partial charge < -0.3 is 47.4 Å². The molecule has 6 rings (SSSR count). The normalized spacial score (nSPS) is 25.2. The lowest BCUT2D eigenvalue weighted by molar-refractivity contribution is -0.290. The molecular weight excluding hydrogens is 688 g/mol. The van der Waals surface area contributed by atoms with Gasteiger partial charge in [0.1, 0.15) is 36.6 Å². The monoisotopic (exact) mass is 742 g/mol. The van der Waals surface area contributed by atoms with Gasteiger partial charge in [-0.2, -0.15) is 0 Å². The van der Waals surface area contributed by atoms with Gasteiger partial charge in [0.15, 0.2) is 0 Å². The fraction of sp³-hybridized carbons (Fsp3) is 0.455. The van der Waals surface area contributed by atoms with Gasteiger partial charge in [-0.1, -0.05) is 121 Å². The van der Waals surface area contributed by atoms with Crippen molar-refractivity contribution in [2.75, 3.05) is 66.1 Å². The van der Waals surface area contributed by atoms with E-state index in [0.29, 0.717) is 92.5 Å². The summed E-state index contributed by atoms with van der Waals surface area (Å²) < 4.78 is 64.3. The van der Waals surface area contributed by atoms with Crippen molar-refractivity contribution >= 4 is 0 Å². The lowest BCUT2D eigenvalue weighted by Crippen LogP contribution is -2.67. The van der Waals surface area contributed by atoms with Crippen LogP contribution in [0.5, 0.6) is 0 Å². The molecule has 0 spiro atoms. The second kappa shape index (κ2) is 23.4. The molecule has 4 aromatic rings. The summed E-state index contributed by atoms with van der Waals surface area (Å²) in [4.78, 5) is 0. The van der Waals surface area contributed by atoms with Gasteiger partial charge in [-0.25, -0.2) is 0 Å². The smallest absolute Gasteiger partial charge is 0.116 e. The second-order valence-electron chi connectivity index (χ2n) is 13.2. The van der Waals surface area contributed by atoms with E-state index >= 15 is 0 Å². The van der Waals surface area contributed by atoms with Gasteiger partial charge in [-0.15, -0.1) is 0 Å². The molecule has 0 bridgehead atoms. The van der Waals surface area contributed by atoms with Crippen LogP contribution in [-0.4, -0.2) is 103 Å². The van der Waals surface area contributed by atoms with Crippen molar-refractivity contribution in [2.24, 2.45) is 0 Å². The maximum Gasteiger partial charge on any atom is 0.116 e. The third-order valence-corrected chi connectivity index (χ3v) is 9.28. The molecule has 1 aliphatic heterocycles. The van der Waals surface area contributed by atoms with Crippen LogP contribution in [0.4, 0.5) is 0 Å². The van der Waals surface area contributed by atoms with Gasteiger partial charge >= 0.3 is 0 Å². The Morgan fingerprint density at radius 1 is 0.315 bits per heavy atom. The number of hydrogen-bond acceptors (Lipinski definition) is 10. The Balaban J connectivity index is 1.35. The molecule has 2 aliphatic rings. The standard InChI is InChI=1S/C44H54O10/c1-5-13-35(14-6-1)31-51-41-39-40(50-30-28-48-26-24-46-22-21-45-23-25-47-27-29-49-39)42(52-32-36-15-7-2-8-16-36)44(54-34-38-19-11-4-12-20-38)43(41)53-33-37-17-9-3-10-18-37/h1-20,39-44H,21-34H2/t39-,40+,41-,42-,43+,44+/m0/s1. The molecule has 0 aromatic heterocycles. The fourth-order valence-electron chi connectivity index (χ4n) is 6.57. The minimum Gasteiger partial charge on any atom is -0.377 e. The summed E-state index contributed by atoms with van der Waals surface area (Å²) in [5.41, 5.74) is 4.12. The zero-order chi connectivity index (χ0) is 36.9. The maximum absolute atomic E-state index is 6.92. The third kappa shape index (κ3) is 13.1. The minimum atomic E-state index is -0.617. The van der Waals surface area contributed by atoms with Crippen molar-refractivity contribution in [3.8, 4) is 0 Å². The molecule has 0 N–H and O–H groups in total. The summed E-state index contributed by atoms with van der Waals surface area (Å²) in [6.45, 7) is 5.43. The second-order valence-corrected chi connectivity index (χ2v) is 13.2. The first-order valence-corrected chi connectivity index (χ1v) is 19.0. The number of benzene rings is 4. The topological polar surface area (TPSA) is 92.3 Å². The molecule has 1 aliphatic carbocycles. The van der Waals surface area contributed by atoms with E-state index in [9.17, 15) is 0 Å². The molecule has 1 saturated carbocycles. The lowest BCUT2D eigenvalue weighted by atomic mass is 9.83. The summed E-state index contributed by atoms with van der Waals surface area (Å²) in [5, 5.41) is 0. The third-order valence-electron chi connectivity index (χ3n) is 9.28. The average Bonchev–Trinajstić information content (AvgIpc) is 3.22. The van der Waals surface area contributed by atoms with Crippen LogP contribution in [0.2, 0.25) is 0 Å². The predicted molar refractivity (Wildman–Crippen MR) is 203 cm³/mol. The van der Waals surface area contributed by atoms with E-state index in [-0.39, 0.29) is 0 Å². The Hall–Kier alpha value is -3.52. The molecule has 0 unspecified atom stereocenters. The van der Waals surface area contributed by atoms with Crippen molar-refractivity contribution in [3.63, 3.8) is 0 Å². The first kappa shape index (κ1) is 40.2. The number of hydrogen-bond donors (Lipinski definition) is 0. The van der Waals surface area contributed by atoms with Crippen LogP contribution in [0.25, 0.3) is 0 Å². The van der Waals surface area contributed by atoms with Gasteiger partial charge in [-0.3, -0.25) is 0 Å². The molecular formula is C44H54O10.